The summed E-state index contributed by atoms with van der Waals surface area (Å²) in [4.78, 5) is 32.8. The van der Waals surface area contributed by atoms with Crippen LogP contribution < -0.4 is 9.80 Å². The molecule has 0 bridgehead atoms. The Labute approximate surface area is 190 Å². The molecule has 6 heteroatoms. The van der Waals surface area contributed by atoms with Crippen LogP contribution in [0.3, 0.4) is 0 Å². The molecule has 31 heavy (non-hydrogen) atoms. The Kier molecular flexibility index (Phi) is 5.66. The molecule has 3 aromatic rings. The molecule has 2 aromatic carbocycles. The lowest BCUT2D eigenvalue weighted by Crippen LogP contribution is -2.32. The van der Waals surface area contributed by atoms with E-state index in [9.17, 15) is 9.59 Å². The normalized spacial score (nSPS) is 17.0. The number of carbonyl (C=O) groups is 2. The van der Waals surface area contributed by atoms with Crippen molar-refractivity contribution in [1.82, 2.24) is 0 Å². The van der Waals surface area contributed by atoms with E-state index in [2.05, 4.69) is 4.90 Å². The summed E-state index contributed by atoms with van der Waals surface area (Å²) in [6, 6.07) is 21.4. The van der Waals surface area contributed by atoms with E-state index in [1.165, 1.54) is 47.3 Å². The first-order valence-corrected chi connectivity index (χ1v) is 12.2. The van der Waals surface area contributed by atoms with Crippen molar-refractivity contribution in [3.8, 4) is 0 Å². The molecule has 3 heterocycles. The Morgan fingerprint density at radius 3 is 2.13 bits per heavy atom. The number of benzene rings is 2. The van der Waals surface area contributed by atoms with Crippen molar-refractivity contribution in [2.24, 2.45) is 0 Å². The molecule has 0 N–H and O–H groups in total. The summed E-state index contributed by atoms with van der Waals surface area (Å²) in [7, 11) is 0. The minimum atomic E-state index is -0.257. The second-order valence-corrected chi connectivity index (χ2v) is 9.64. The Bertz CT molecular complexity index is 1120. The molecule has 0 aliphatic carbocycles. The molecule has 1 saturated heterocycles. The Morgan fingerprint density at radius 2 is 1.45 bits per heavy atom. The number of nitrogens with zero attached hydrogens (tertiary/aromatic N) is 2. The van der Waals surface area contributed by atoms with E-state index in [0.717, 1.165) is 28.5 Å². The van der Waals surface area contributed by atoms with Crippen LogP contribution >= 0.6 is 23.1 Å². The highest BCUT2D eigenvalue weighted by Crippen LogP contribution is 2.42. The maximum absolute atomic E-state index is 13.4. The number of hydrogen-bond donors (Lipinski definition) is 0. The summed E-state index contributed by atoms with van der Waals surface area (Å²) in [5.41, 5.74) is 2.26. The van der Waals surface area contributed by atoms with E-state index in [-0.39, 0.29) is 11.8 Å². The molecule has 2 aliphatic rings. The quantitative estimate of drug-likeness (QED) is 0.464. The number of rotatable bonds is 5. The number of imide groups is 1. The summed E-state index contributed by atoms with van der Waals surface area (Å²) in [5, 5.41) is 1.93. The number of hydrogen-bond acceptors (Lipinski definition) is 5. The van der Waals surface area contributed by atoms with Crippen molar-refractivity contribution in [3.05, 3.63) is 81.9 Å². The van der Waals surface area contributed by atoms with Gasteiger partial charge in [-0.05, 0) is 67.1 Å². The standard InChI is InChI=1S/C25H22N2O2S2/c28-24-22(21-10-7-17-30-21)23(31-20-8-3-1-4-9-20)25(29)27(24)19-13-11-18(12-14-19)26-15-5-2-6-16-26/h1,3-4,7-14,17H,2,5-6,15-16H2. The van der Waals surface area contributed by atoms with Crippen molar-refractivity contribution < 1.29 is 9.59 Å². The summed E-state index contributed by atoms with van der Waals surface area (Å²) in [6.45, 7) is 2.12. The van der Waals surface area contributed by atoms with E-state index in [1.54, 1.807) is 0 Å². The summed E-state index contributed by atoms with van der Waals surface area (Å²) < 4.78 is 0. The number of anilines is 2. The smallest absolute Gasteiger partial charge is 0.272 e. The number of thioether (sulfide) groups is 1. The van der Waals surface area contributed by atoms with Gasteiger partial charge < -0.3 is 4.90 Å². The minimum absolute atomic E-state index is 0.253. The van der Waals surface area contributed by atoms with Gasteiger partial charge in [0.05, 0.1) is 16.2 Å². The monoisotopic (exact) mass is 446 g/mol. The predicted octanol–water partition coefficient (Wildman–Crippen LogP) is 5.82. The lowest BCUT2D eigenvalue weighted by Gasteiger charge is -2.29. The SMILES string of the molecule is O=C1C(Sc2ccccc2)=C(c2cccs2)C(=O)N1c1ccc(N2CCCCC2)cc1. The second kappa shape index (κ2) is 8.73. The van der Waals surface area contributed by atoms with Crippen molar-refractivity contribution >= 4 is 51.9 Å². The van der Waals surface area contributed by atoms with Crippen LogP contribution in [0.25, 0.3) is 5.57 Å². The van der Waals surface area contributed by atoms with Crippen LogP contribution in [0.1, 0.15) is 24.1 Å². The average Bonchev–Trinajstić information content (AvgIpc) is 3.42. The number of amides is 2. The van der Waals surface area contributed by atoms with Gasteiger partial charge in [-0.15, -0.1) is 11.3 Å². The molecule has 1 fully saturated rings. The maximum atomic E-state index is 13.4. The second-order valence-electron chi connectivity index (χ2n) is 7.61. The third-order valence-corrected chi connectivity index (χ3v) is 7.58. The molecular weight excluding hydrogens is 424 g/mol. The fourth-order valence-electron chi connectivity index (χ4n) is 4.05. The molecule has 0 unspecified atom stereocenters. The highest BCUT2D eigenvalue weighted by Gasteiger charge is 2.40. The predicted molar refractivity (Wildman–Crippen MR) is 129 cm³/mol. The molecule has 0 radical (unpaired) electrons. The molecule has 0 saturated carbocycles. The number of carbonyl (C=O) groups excluding carboxylic acids is 2. The number of piperidine rings is 1. The Hall–Kier alpha value is -2.83. The van der Waals surface area contributed by atoms with Crippen LogP contribution in [0.4, 0.5) is 11.4 Å². The van der Waals surface area contributed by atoms with Crippen LogP contribution in [-0.4, -0.2) is 24.9 Å². The van der Waals surface area contributed by atoms with Gasteiger partial charge in [-0.3, -0.25) is 9.59 Å². The van der Waals surface area contributed by atoms with E-state index in [0.29, 0.717) is 16.2 Å². The third kappa shape index (κ3) is 3.93. The molecule has 2 aliphatic heterocycles. The van der Waals surface area contributed by atoms with Gasteiger partial charge >= 0.3 is 0 Å². The first kappa shape index (κ1) is 20.1. The lowest BCUT2D eigenvalue weighted by atomic mass is 10.1. The highest BCUT2D eigenvalue weighted by atomic mass is 32.2. The minimum Gasteiger partial charge on any atom is -0.372 e. The fraction of sp³-hybridized carbons (Fsp3) is 0.200. The van der Waals surface area contributed by atoms with Crippen molar-refractivity contribution in [2.45, 2.75) is 24.2 Å². The summed E-state index contributed by atoms with van der Waals surface area (Å²) in [6.07, 6.45) is 3.70. The molecule has 5 rings (SSSR count). The van der Waals surface area contributed by atoms with E-state index < -0.39 is 0 Å². The zero-order chi connectivity index (χ0) is 21.2. The van der Waals surface area contributed by atoms with Crippen LogP contribution in [0, 0.1) is 0 Å². The van der Waals surface area contributed by atoms with Gasteiger partial charge in [0.15, 0.2) is 0 Å². The van der Waals surface area contributed by atoms with Gasteiger partial charge in [0.1, 0.15) is 0 Å². The first-order valence-electron chi connectivity index (χ1n) is 10.5. The van der Waals surface area contributed by atoms with Crippen molar-refractivity contribution in [2.75, 3.05) is 22.9 Å². The van der Waals surface area contributed by atoms with Gasteiger partial charge in [-0.1, -0.05) is 36.0 Å². The van der Waals surface area contributed by atoms with Crippen molar-refractivity contribution in [3.63, 3.8) is 0 Å². The van der Waals surface area contributed by atoms with Crippen LogP contribution in [-0.2, 0) is 9.59 Å². The molecule has 1 aromatic heterocycles. The van der Waals surface area contributed by atoms with E-state index in [4.69, 9.17) is 0 Å². The maximum Gasteiger partial charge on any atom is 0.272 e. The largest absolute Gasteiger partial charge is 0.372 e. The lowest BCUT2D eigenvalue weighted by molar-refractivity contribution is -0.119. The number of thiophene rings is 1. The average molecular weight is 447 g/mol. The van der Waals surface area contributed by atoms with Gasteiger partial charge in [0, 0.05) is 28.5 Å². The van der Waals surface area contributed by atoms with Gasteiger partial charge in [-0.2, -0.15) is 0 Å². The highest BCUT2D eigenvalue weighted by molar-refractivity contribution is 8.04. The molecular formula is C25H22N2O2S2. The zero-order valence-corrected chi connectivity index (χ0v) is 18.6. The molecule has 4 nitrogen and oxygen atoms in total. The van der Waals surface area contributed by atoms with Crippen LogP contribution in [0.15, 0.2) is 81.9 Å². The van der Waals surface area contributed by atoms with E-state index in [1.807, 2.05) is 72.1 Å². The van der Waals surface area contributed by atoms with Crippen molar-refractivity contribution in [1.29, 1.82) is 0 Å². The summed E-state index contributed by atoms with van der Waals surface area (Å²) >= 11 is 2.84. The van der Waals surface area contributed by atoms with Crippen LogP contribution in [0.2, 0.25) is 0 Å². The summed E-state index contributed by atoms with van der Waals surface area (Å²) in [5.74, 6) is -0.510. The van der Waals surface area contributed by atoms with Gasteiger partial charge in [0.25, 0.3) is 11.8 Å². The van der Waals surface area contributed by atoms with Crippen LogP contribution in [0.5, 0.6) is 0 Å². The topological polar surface area (TPSA) is 40.6 Å². The molecule has 0 atom stereocenters. The van der Waals surface area contributed by atoms with E-state index >= 15 is 0 Å². The zero-order valence-electron chi connectivity index (χ0n) is 17.0. The Morgan fingerprint density at radius 1 is 0.742 bits per heavy atom. The van der Waals surface area contributed by atoms with Gasteiger partial charge in [0.2, 0.25) is 0 Å². The third-order valence-electron chi connectivity index (χ3n) is 5.60. The molecule has 2 amide bonds. The molecule has 0 spiro atoms. The van der Waals surface area contributed by atoms with Gasteiger partial charge in [-0.25, -0.2) is 4.90 Å². The molecule has 156 valence electrons. The Balaban J connectivity index is 1.47. The first-order chi connectivity index (χ1) is 15.2. The fourth-order valence-corrected chi connectivity index (χ4v) is 5.89.